The normalized spacial score (nSPS) is 12.7. The summed E-state index contributed by atoms with van der Waals surface area (Å²) < 4.78 is 14.2. The molecular formula is C15H23BrFN. The molecule has 0 radical (unpaired) electrons. The minimum Gasteiger partial charge on any atom is -0.310 e. The number of halogens is 2. The average Bonchev–Trinajstić information content (AvgIpc) is 2.37. The molecule has 1 unspecified atom stereocenters. The van der Waals surface area contributed by atoms with Crippen LogP contribution in [0.1, 0.15) is 57.6 Å². The molecule has 0 aliphatic carbocycles. The lowest BCUT2D eigenvalue weighted by Crippen LogP contribution is -2.22. The van der Waals surface area contributed by atoms with Gasteiger partial charge in [-0.15, -0.1) is 0 Å². The molecule has 1 aromatic rings. The highest BCUT2D eigenvalue weighted by Crippen LogP contribution is 2.29. The van der Waals surface area contributed by atoms with E-state index in [-0.39, 0.29) is 11.9 Å². The summed E-state index contributed by atoms with van der Waals surface area (Å²) in [6.07, 6.45) is 5.79. The Balaban J connectivity index is 2.76. The van der Waals surface area contributed by atoms with Gasteiger partial charge in [-0.1, -0.05) is 45.2 Å². The molecule has 0 saturated heterocycles. The second kappa shape index (κ2) is 8.65. The monoisotopic (exact) mass is 315 g/mol. The van der Waals surface area contributed by atoms with Crippen LogP contribution in [0, 0.1) is 5.82 Å². The molecular weight excluding hydrogens is 293 g/mol. The van der Waals surface area contributed by atoms with Gasteiger partial charge in [-0.25, -0.2) is 4.39 Å². The molecule has 3 heteroatoms. The van der Waals surface area contributed by atoms with Crippen LogP contribution in [-0.2, 0) is 0 Å². The zero-order chi connectivity index (χ0) is 13.4. The van der Waals surface area contributed by atoms with Crippen molar-refractivity contribution in [3.63, 3.8) is 0 Å². The molecule has 0 aliphatic heterocycles. The van der Waals surface area contributed by atoms with Gasteiger partial charge in [0.05, 0.1) is 4.47 Å². The van der Waals surface area contributed by atoms with Gasteiger partial charge in [-0.3, -0.25) is 0 Å². The first-order valence-corrected chi connectivity index (χ1v) is 7.67. The highest BCUT2D eigenvalue weighted by molar-refractivity contribution is 9.10. The van der Waals surface area contributed by atoms with Gasteiger partial charge in [0.1, 0.15) is 5.82 Å². The Morgan fingerprint density at radius 1 is 1.22 bits per heavy atom. The number of hydrogen-bond acceptors (Lipinski definition) is 1. The van der Waals surface area contributed by atoms with Crippen molar-refractivity contribution >= 4 is 15.9 Å². The summed E-state index contributed by atoms with van der Waals surface area (Å²) in [7, 11) is 0. The molecule has 18 heavy (non-hydrogen) atoms. The van der Waals surface area contributed by atoms with Crippen molar-refractivity contribution in [3.05, 3.63) is 34.1 Å². The van der Waals surface area contributed by atoms with E-state index in [2.05, 4.69) is 35.1 Å². The third-order valence-corrected chi connectivity index (χ3v) is 3.93. The van der Waals surface area contributed by atoms with Crippen molar-refractivity contribution in [2.24, 2.45) is 0 Å². The highest BCUT2D eigenvalue weighted by Gasteiger charge is 2.15. The van der Waals surface area contributed by atoms with Gasteiger partial charge in [0, 0.05) is 6.04 Å². The number of benzene rings is 1. The standard InChI is InChI=1S/C15H23BrFN/c1-3-5-6-10-14(18-11-4-2)12-8-7-9-13(17)15(12)16/h7-9,14,18H,3-6,10-11H2,1-2H3. The number of hydrogen-bond donors (Lipinski definition) is 1. The SMILES string of the molecule is CCCCCC(NCCC)c1cccc(F)c1Br. The average molecular weight is 316 g/mol. The van der Waals surface area contributed by atoms with Crippen LogP contribution in [0.25, 0.3) is 0 Å². The summed E-state index contributed by atoms with van der Waals surface area (Å²) in [6, 6.07) is 5.54. The van der Waals surface area contributed by atoms with E-state index in [9.17, 15) is 4.39 Å². The van der Waals surface area contributed by atoms with Crippen LogP contribution in [-0.4, -0.2) is 6.54 Å². The van der Waals surface area contributed by atoms with Crippen molar-refractivity contribution in [1.82, 2.24) is 5.32 Å². The molecule has 1 rings (SSSR count). The van der Waals surface area contributed by atoms with Gasteiger partial charge in [0.2, 0.25) is 0 Å². The van der Waals surface area contributed by atoms with Crippen LogP contribution in [0.4, 0.5) is 4.39 Å². The van der Waals surface area contributed by atoms with E-state index in [0.717, 1.165) is 24.9 Å². The maximum atomic E-state index is 13.6. The maximum absolute atomic E-state index is 13.6. The largest absolute Gasteiger partial charge is 0.310 e. The Kier molecular flexibility index (Phi) is 7.52. The Hall–Kier alpha value is -0.410. The molecule has 0 aliphatic rings. The lowest BCUT2D eigenvalue weighted by atomic mass is 10.00. The first kappa shape index (κ1) is 15.6. The van der Waals surface area contributed by atoms with Crippen molar-refractivity contribution in [3.8, 4) is 0 Å². The molecule has 0 bridgehead atoms. The topological polar surface area (TPSA) is 12.0 Å². The minimum atomic E-state index is -0.175. The first-order valence-electron chi connectivity index (χ1n) is 6.88. The smallest absolute Gasteiger partial charge is 0.137 e. The Labute approximate surface area is 118 Å². The molecule has 0 amide bonds. The van der Waals surface area contributed by atoms with E-state index in [1.807, 2.05) is 6.07 Å². The van der Waals surface area contributed by atoms with Crippen LogP contribution in [0.3, 0.4) is 0 Å². The van der Waals surface area contributed by atoms with E-state index in [4.69, 9.17) is 0 Å². The lowest BCUT2D eigenvalue weighted by molar-refractivity contribution is 0.470. The van der Waals surface area contributed by atoms with E-state index in [1.54, 1.807) is 6.07 Å². The first-order chi connectivity index (χ1) is 8.70. The predicted octanol–water partition coefficient (Wildman–Crippen LogP) is 5.21. The molecule has 102 valence electrons. The summed E-state index contributed by atoms with van der Waals surface area (Å²) in [6.45, 7) is 5.32. The number of nitrogens with one attached hydrogen (secondary N) is 1. The van der Waals surface area contributed by atoms with Gasteiger partial charge in [-0.2, -0.15) is 0 Å². The molecule has 1 N–H and O–H groups in total. The molecule has 1 aromatic carbocycles. The van der Waals surface area contributed by atoms with Crippen molar-refractivity contribution < 1.29 is 4.39 Å². The molecule has 1 atom stereocenters. The van der Waals surface area contributed by atoms with Crippen LogP contribution >= 0.6 is 15.9 Å². The number of rotatable bonds is 8. The van der Waals surface area contributed by atoms with Crippen LogP contribution in [0.5, 0.6) is 0 Å². The summed E-state index contributed by atoms with van der Waals surface area (Å²) in [5, 5.41) is 3.52. The number of unbranched alkanes of at least 4 members (excludes halogenated alkanes) is 2. The zero-order valence-electron chi connectivity index (χ0n) is 11.3. The Morgan fingerprint density at radius 3 is 2.67 bits per heavy atom. The van der Waals surface area contributed by atoms with Crippen LogP contribution < -0.4 is 5.32 Å². The third kappa shape index (κ3) is 4.69. The molecule has 0 aromatic heterocycles. The van der Waals surface area contributed by atoms with Gasteiger partial charge in [-0.05, 0) is 46.9 Å². The fourth-order valence-corrected chi connectivity index (χ4v) is 2.61. The second-order valence-corrected chi connectivity index (χ2v) is 5.44. The molecule has 0 heterocycles. The van der Waals surface area contributed by atoms with E-state index >= 15 is 0 Å². The fraction of sp³-hybridized carbons (Fsp3) is 0.600. The third-order valence-electron chi connectivity index (χ3n) is 3.09. The summed E-state index contributed by atoms with van der Waals surface area (Å²) >= 11 is 3.37. The lowest BCUT2D eigenvalue weighted by Gasteiger charge is -2.20. The van der Waals surface area contributed by atoms with Crippen molar-refractivity contribution in [2.45, 2.75) is 52.0 Å². The van der Waals surface area contributed by atoms with Crippen molar-refractivity contribution in [2.75, 3.05) is 6.54 Å². The molecule has 0 saturated carbocycles. The second-order valence-electron chi connectivity index (χ2n) is 4.65. The summed E-state index contributed by atoms with van der Waals surface area (Å²) in [5.41, 5.74) is 1.04. The Bertz CT molecular complexity index is 354. The summed E-state index contributed by atoms with van der Waals surface area (Å²) in [4.78, 5) is 0. The highest BCUT2D eigenvalue weighted by atomic mass is 79.9. The van der Waals surface area contributed by atoms with E-state index < -0.39 is 0 Å². The molecule has 1 nitrogen and oxygen atoms in total. The van der Waals surface area contributed by atoms with Crippen LogP contribution in [0.15, 0.2) is 22.7 Å². The van der Waals surface area contributed by atoms with E-state index in [0.29, 0.717) is 4.47 Å². The van der Waals surface area contributed by atoms with Gasteiger partial charge in [0.25, 0.3) is 0 Å². The Morgan fingerprint density at radius 2 is 2.00 bits per heavy atom. The molecule has 0 spiro atoms. The predicted molar refractivity (Wildman–Crippen MR) is 79.3 cm³/mol. The quantitative estimate of drug-likeness (QED) is 0.649. The summed E-state index contributed by atoms with van der Waals surface area (Å²) in [5.74, 6) is -0.175. The maximum Gasteiger partial charge on any atom is 0.137 e. The van der Waals surface area contributed by atoms with Gasteiger partial charge in [0.15, 0.2) is 0 Å². The minimum absolute atomic E-state index is 0.175. The van der Waals surface area contributed by atoms with E-state index in [1.165, 1.54) is 25.3 Å². The van der Waals surface area contributed by atoms with Gasteiger partial charge < -0.3 is 5.32 Å². The van der Waals surface area contributed by atoms with Gasteiger partial charge >= 0.3 is 0 Å². The molecule has 0 fully saturated rings. The van der Waals surface area contributed by atoms with Crippen molar-refractivity contribution in [1.29, 1.82) is 0 Å². The fourth-order valence-electron chi connectivity index (χ4n) is 2.07. The zero-order valence-corrected chi connectivity index (χ0v) is 12.9. The van der Waals surface area contributed by atoms with Crippen LogP contribution in [0.2, 0.25) is 0 Å².